The fourth-order valence-electron chi connectivity index (χ4n) is 4.93. The van der Waals surface area contributed by atoms with E-state index >= 15 is 0 Å². The van der Waals surface area contributed by atoms with Crippen molar-refractivity contribution < 1.29 is 17.7 Å². The minimum absolute atomic E-state index is 0.00335. The highest BCUT2D eigenvalue weighted by Gasteiger charge is 2.39. The van der Waals surface area contributed by atoms with Crippen LogP contribution in [-0.2, 0) is 21.2 Å². The largest absolute Gasteiger partial charge is 0.355 e. The Labute approximate surface area is 206 Å². The predicted molar refractivity (Wildman–Crippen MR) is 135 cm³/mol. The molecule has 1 atom stereocenters. The molecule has 1 aromatic heterocycles. The van der Waals surface area contributed by atoms with Crippen LogP contribution in [0.15, 0.2) is 57.9 Å². The van der Waals surface area contributed by atoms with Gasteiger partial charge in [0.15, 0.2) is 10.7 Å². The lowest BCUT2D eigenvalue weighted by atomic mass is 9.98. The van der Waals surface area contributed by atoms with E-state index < -0.39 is 10.0 Å². The number of hydrogen-bond acceptors (Lipinski definition) is 5. The topological polar surface area (TPSA) is 83.7 Å². The molecule has 1 saturated heterocycles. The molecule has 3 heterocycles. The van der Waals surface area contributed by atoms with Crippen LogP contribution in [0, 0.1) is 19.8 Å². The van der Waals surface area contributed by atoms with E-state index in [1.165, 1.54) is 4.31 Å². The zero-order chi connectivity index (χ0) is 24.6. The first kappa shape index (κ1) is 23.5. The summed E-state index contributed by atoms with van der Waals surface area (Å²) in [6, 6.07) is 15.8. The Morgan fingerprint density at radius 1 is 1.06 bits per heavy atom. The summed E-state index contributed by atoms with van der Waals surface area (Å²) in [7, 11) is -3.89. The van der Waals surface area contributed by atoms with E-state index in [-0.39, 0.29) is 29.0 Å². The lowest BCUT2D eigenvalue weighted by Gasteiger charge is -2.33. The first-order valence-corrected chi connectivity index (χ1v) is 13.4. The number of amides is 1. The van der Waals surface area contributed by atoms with Gasteiger partial charge in [-0.3, -0.25) is 4.79 Å². The number of sulfonamides is 1. The average Bonchev–Trinajstić information content (AvgIpc) is 3.47. The number of hydrogen-bond donors (Lipinski definition) is 0. The number of fused-ring (bicyclic) bond motifs is 1. The normalized spacial score (nSPS) is 18.8. The lowest BCUT2D eigenvalue weighted by molar-refractivity contribution is -0.123. The Balaban J connectivity index is 1.37. The maximum absolute atomic E-state index is 13.7. The van der Waals surface area contributed by atoms with Gasteiger partial charge in [0, 0.05) is 25.3 Å². The third-order valence-electron chi connectivity index (χ3n) is 6.82. The second-order valence-corrected chi connectivity index (χ2v) is 11.2. The molecule has 0 N–H and O–H groups in total. The molecule has 0 saturated carbocycles. The van der Waals surface area contributed by atoms with E-state index in [1.54, 1.807) is 13.0 Å². The van der Waals surface area contributed by atoms with Gasteiger partial charge in [0.05, 0.1) is 5.92 Å². The van der Waals surface area contributed by atoms with Gasteiger partial charge in [-0.1, -0.05) is 59.3 Å². The summed E-state index contributed by atoms with van der Waals surface area (Å²) in [5.74, 6) is -0.183. The Morgan fingerprint density at radius 2 is 1.83 bits per heavy atom. The number of piperidine rings is 1. The Kier molecular flexibility index (Phi) is 6.34. The van der Waals surface area contributed by atoms with E-state index in [1.807, 2.05) is 66.4 Å². The Hall–Kier alpha value is -3.23. The number of para-hydroxylation sites is 1. The minimum Gasteiger partial charge on any atom is -0.355 e. The molecule has 2 aromatic carbocycles. The van der Waals surface area contributed by atoms with E-state index in [0.717, 1.165) is 28.8 Å². The Morgan fingerprint density at radius 3 is 2.63 bits per heavy atom. The molecule has 3 aromatic rings. The van der Waals surface area contributed by atoms with Crippen molar-refractivity contribution in [3.05, 3.63) is 76.7 Å². The molecule has 0 radical (unpaired) electrons. The molecule has 8 heteroatoms. The number of anilines is 1. The van der Waals surface area contributed by atoms with Crippen LogP contribution >= 0.6 is 0 Å². The van der Waals surface area contributed by atoms with Gasteiger partial charge in [0.1, 0.15) is 5.69 Å². The number of aryl methyl sites for hydroxylation is 2. The maximum atomic E-state index is 13.7. The summed E-state index contributed by atoms with van der Waals surface area (Å²) in [6.07, 6.45) is 5.58. The third kappa shape index (κ3) is 4.56. The molecule has 5 rings (SSSR count). The Bertz CT molecular complexity index is 1380. The quantitative estimate of drug-likeness (QED) is 0.527. The molecule has 0 aliphatic carbocycles. The zero-order valence-corrected chi connectivity index (χ0v) is 20.8. The average molecular weight is 492 g/mol. The van der Waals surface area contributed by atoms with Crippen LogP contribution in [0.2, 0.25) is 0 Å². The smallest absolute Gasteiger partial charge is 0.248 e. The number of benzene rings is 2. The van der Waals surface area contributed by atoms with Gasteiger partial charge in [0.2, 0.25) is 15.9 Å². The van der Waals surface area contributed by atoms with Gasteiger partial charge in [-0.15, -0.1) is 0 Å². The maximum Gasteiger partial charge on any atom is 0.248 e. The highest BCUT2D eigenvalue weighted by molar-refractivity contribution is 7.89. The van der Waals surface area contributed by atoms with E-state index in [4.69, 9.17) is 4.52 Å². The molecule has 182 valence electrons. The highest BCUT2D eigenvalue weighted by Crippen LogP contribution is 2.33. The van der Waals surface area contributed by atoms with Crippen LogP contribution in [0.25, 0.3) is 12.2 Å². The summed E-state index contributed by atoms with van der Waals surface area (Å²) in [5.41, 5.74) is 4.49. The van der Waals surface area contributed by atoms with Crippen molar-refractivity contribution in [2.24, 2.45) is 5.92 Å². The second kappa shape index (κ2) is 9.43. The van der Waals surface area contributed by atoms with Crippen molar-refractivity contribution in [2.75, 3.05) is 24.5 Å². The first-order valence-electron chi connectivity index (χ1n) is 11.9. The molecular weight excluding hydrogens is 462 g/mol. The number of carbonyl (C=O) groups is 1. The molecule has 1 amide bonds. The van der Waals surface area contributed by atoms with Gasteiger partial charge in [-0.05, 0) is 56.4 Å². The number of carbonyl (C=O) groups excluding carboxylic acids is 1. The molecule has 2 aliphatic heterocycles. The third-order valence-corrected chi connectivity index (χ3v) is 8.85. The van der Waals surface area contributed by atoms with E-state index in [2.05, 4.69) is 5.16 Å². The van der Waals surface area contributed by atoms with E-state index in [9.17, 15) is 13.2 Å². The van der Waals surface area contributed by atoms with Crippen molar-refractivity contribution in [3.8, 4) is 0 Å². The second-order valence-electron chi connectivity index (χ2n) is 9.28. The molecule has 0 spiro atoms. The molecule has 35 heavy (non-hydrogen) atoms. The summed E-state index contributed by atoms with van der Waals surface area (Å²) < 4.78 is 34.2. The van der Waals surface area contributed by atoms with Crippen molar-refractivity contribution in [2.45, 2.75) is 38.0 Å². The van der Waals surface area contributed by atoms with Crippen molar-refractivity contribution in [3.63, 3.8) is 0 Å². The summed E-state index contributed by atoms with van der Waals surface area (Å²) >= 11 is 0. The predicted octanol–water partition coefficient (Wildman–Crippen LogP) is 4.45. The van der Waals surface area contributed by atoms with Gasteiger partial charge in [-0.25, -0.2) is 8.42 Å². The summed E-state index contributed by atoms with van der Waals surface area (Å²) in [6.45, 7) is 4.81. The van der Waals surface area contributed by atoms with Crippen LogP contribution in [-0.4, -0.2) is 43.4 Å². The highest BCUT2D eigenvalue weighted by atomic mass is 32.2. The minimum atomic E-state index is -3.89. The van der Waals surface area contributed by atoms with Crippen LogP contribution < -0.4 is 4.90 Å². The molecule has 2 aliphatic rings. The zero-order valence-electron chi connectivity index (χ0n) is 20.0. The van der Waals surface area contributed by atoms with E-state index in [0.29, 0.717) is 31.6 Å². The fourth-order valence-corrected chi connectivity index (χ4v) is 6.70. The van der Waals surface area contributed by atoms with Gasteiger partial charge < -0.3 is 9.42 Å². The monoisotopic (exact) mass is 491 g/mol. The van der Waals surface area contributed by atoms with Crippen LogP contribution in [0.1, 0.15) is 41.0 Å². The molecular formula is C27H29N3O4S. The standard InChI is InChI=1S/C27H29N3O4S/c1-19-9-11-21(12-10-19)13-14-25-26(20(2)28-34-25)35(32,33)29-16-5-7-23(18-29)27(31)30-17-15-22-6-3-4-8-24(22)30/h3-4,6,8-14,23H,5,7,15-18H2,1-2H3/b14-13+. The van der Waals surface area contributed by atoms with Crippen molar-refractivity contribution in [1.82, 2.24) is 9.46 Å². The summed E-state index contributed by atoms with van der Waals surface area (Å²) in [5, 5.41) is 3.94. The SMILES string of the molecule is Cc1ccc(/C=C/c2onc(C)c2S(=O)(=O)N2CCCC(C(=O)N3CCc4ccccc43)C2)cc1. The molecule has 1 fully saturated rings. The number of aromatic nitrogens is 1. The fraction of sp³-hybridized carbons (Fsp3) is 0.333. The van der Waals surface area contributed by atoms with Crippen molar-refractivity contribution >= 4 is 33.8 Å². The molecule has 7 nitrogen and oxygen atoms in total. The van der Waals surface area contributed by atoms with Crippen LogP contribution in [0.3, 0.4) is 0 Å². The van der Waals surface area contributed by atoms with Crippen LogP contribution in [0.5, 0.6) is 0 Å². The van der Waals surface area contributed by atoms with Gasteiger partial charge in [0.25, 0.3) is 0 Å². The molecule has 0 bridgehead atoms. The number of rotatable bonds is 5. The lowest BCUT2D eigenvalue weighted by Crippen LogP contribution is -2.46. The van der Waals surface area contributed by atoms with Crippen LogP contribution in [0.4, 0.5) is 5.69 Å². The number of nitrogens with zero attached hydrogens (tertiary/aromatic N) is 3. The summed E-state index contributed by atoms with van der Waals surface area (Å²) in [4.78, 5) is 15.3. The first-order chi connectivity index (χ1) is 16.8. The van der Waals surface area contributed by atoms with Gasteiger partial charge >= 0.3 is 0 Å². The van der Waals surface area contributed by atoms with Crippen molar-refractivity contribution in [1.29, 1.82) is 0 Å². The van der Waals surface area contributed by atoms with Gasteiger partial charge in [-0.2, -0.15) is 4.31 Å². The molecule has 1 unspecified atom stereocenters.